The summed E-state index contributed by atoms with van der Waals surface area (Å²) in [6, 6.07) is 10.3. The van der Waals surface area contributed by atoms with Gasteiger partial charge in [-0.2, -0.15) is 0 Å². The number of rotatable bonds is 5. The fourth-order valence-corrected chi connectivity index (χ4v) is 3.37. The van der Waals surface area contributed by atoms with E-state index >= 15 is 0 Å². The van der Waals surface area contributed by atoms with Crippen LogP contribution in [0.1, 0.15) is 5.69 Å². The molecule has 3 rings (SSSR count). The Morgan fingerprint density at radius 3 is 2.96 bits per heavy atom. The second-order valence-corrected chi connectivity index (χ2v) is 6.77. The van der Waals surface area contributed by atoms with Gasteiger partial charge in [0.2, 0.25) is 0 Å². The molecule has 2 aromatic rings. The quantitative estimate of drug-likeness (QED) is 0.841. The van der Waals surface area contributed by atoms with Crippen LogP contribution in [0.5, 0.6) is 5.75 Å². The van der Waals surface area contributed by atoms with E-state index in [0.29, 0.717) is 5.92 Å². The third-order valence-electron chi connectivity index (χ3n) is 4.39. The van der Waals surface area contributed by atoms with E-state index in [9.17, 15) is 0 Å². The van der Waals surface area contributed by atoms with Crippen LogP contribution in [0.2, 0.25) is 0 Å². The summed E-state index contributed by atoms with van der Waals surface area (Å²) in [5.74, 6) is 1.37. The van der Waals surface area contributed by atoms with Crippen LogP contribution in [0, 0.1) is 5.92 Å². The van der Waals surface area contributed by atoms with E-state index in [4.69, 9.17) is 14.5 Å². The Kier molecular flexibility index (Phi) is 5.66. The highest BCUT2D eigenvalue weighted by Gasteiger charge is 2.20. The van der Waals surface area contributed by atoms with Gasteiger partial charge in [-0.25, -0.2) is 4.98 Å². The number of aromatic nitrogens is 1. The van der Waals surface area contributed by atoms with Crippen LogP contribution in [0.3, 0.4) is 0 Å². The van der Waals surface area contributed by atoms with Crippen molar-refractivity contribution in [2.45, 2.75) is 6.54 Å². The van der Waals surface area contributed by atoms with E-state index in [1.165, 1.54) is 0 Å². The summed E-state index contributed by atoms with van der Waals surface area (Å²) >= 11 is 0. The molecule has 0 aliphatic carbocycles. The molecule has 24 heavy (non-hydrogen) atoms. The van der Waals surface area contributed by atoms with Gasteiger partial charge in [0, 0.05) is 37.5 Å². The molecule has 0 bridgehead atoms. The number of fused-ring (bicyclic) bond motifs is 1. The highest BCUT2D eigenvalue weighted by atomic mass is 16.5. The van der Waals surface area contributed by atoms with Crippen molar-refractivity contribution in [2.24, 2.45) is 5.92 Å². The lowest BCUT2D eigenvalue weighted by Gasteiger charge is -2.25. The number of ether oxygens (including phenoxy) is 2. The van der Waals surface area contributed by atoms with Crippen LogP contribution in [0.4, 0.5) is 0 Å². The van der Waals surface area contributed by atoms with E-state index in [1.807, 2.05) is 12.1 Å². The molecule has 0 saturated carbocycles. The second-order valence-electron chi connectivity index (χ2n) is 6.77. The Balaban J connectivity index is 1.75. The number of hydrogen-bond acceptors (Lipinski definition) is 5. The highest BCUT2D eigenvalue weighted by Crippen LogP contribution is 2.24. The van der Waals surface area contributed by atoms with Gasteiger partial charge in [0.15, 0.2) is 0 Å². The smallest absolute Gasteiger partial charge is 0.145 e. The molecule has 1 atom stereocenters. The molecular weight excluding hydrogens is 302 g/mol. The Labute approximate surface area is 144 Å². The average molecular weight is 329 g/mol. The number of methoxy groups -OCH3 is 1. The van der Waals surface area contributed by atoms with E-state index in [-0.39, 0.29) is 0 Å². The maximum Gasteiger partial charge on any atom is 0.145 e. The summed E-state index contributed by atoms with van der Waals surface area (Å²) in [6.45, 7) is 5.53. The van der Waals surface area contributed by atoms with Gasteiger partial charge in [0.1, 0.15) is 11.3 Å². The lowest BCUT2D eigenvalue weighted by Crippen LogP contribution is -2.34. The van der Waals surface area contributed by atoms with E-state index < -0.39 is 0 Å². The molecule has 1 aromatic heterocycles. The summed E-state index contributed by atoms with van der Waals surface area (Å²) in [4.78, 5) is 9.52. The van der Waals surface area contributed by atoms with Gasteiger partial charge in [-0.15, -0.1) is 0 Å². The van der Waals surface area contributed by atoms with Crippen molar-refractivity contribution in [3.05, 3.63) is 36.0 Å². The van der Waals surface area contributed by atoms with Gasteiger partial charge < -0.3 is 14.4 Å². The Morgan fingerprint density at radius 1 is 1.29 bits per heavy atom. The first-order valence-corrected chi connectivity index (χ1v) is 8.53. The van der Waals surface area contributed by atoms with Crippen molar-refractivity contribution in [3.63, 3.8) is 0 Å². The fourth-order valence-electron chi connectivity index (χ4n) is 3.37. The number of pyridine rings is 1. The molecule has 0 amide bonds. The maximum absolute atomic E-state index is 5.77. The van der Waals surface area contributed by atoms with Crippen LogP contribution in [0.15, 0.2) is 30.3 Å². The first kappa shape index (κ1) is 17.1. The molecule has 1 unspecified atom stereocenters. The van der Waals surface area contributed by atoms with Crippen molar-refractivity contribution in [1.82, 2.24) is 14.8 Å². The molecule has 1 saturated heterocycles. The molecule has 5 nitrogen and oxygen atoms in total. The molecule has 0 spiro atoms. The third-order valence-corrected chi connectivity index (χ3v) is 4.39. The minimum absolute atomic E-state index is 0.539. The molecule has 1 fully saturated rings. The fraction of sp³-hybridized carbons (Fsp3) is 0.526. The predicted molar refractivity (Wildman–Crippen MR) is 96.4 cm³/mol. The van der Waals surface area contributed by atoms with Gasteiger partial charge in [0.05, 0.1) is 26.0 Å². The summed E-state index contributed by atoms with van der Waals surface area (Å²) < 4.78 is 11.2. The van der Waals surface area contributed by atoms with Gasteiger partial charge in [-0.3, -0.25) is 4.90 Å². The molecule has 0 N–H and O–H groups in total. The standard InChI is InChI=1S/C19H27N3O2/c1-21(2)11-15-12-22(9-10-24-14-15)13-17-8-7-16-5-4-6-18(23-3)19(16)20-17/h4-8,15H,9-14H2,1-3H3. The molecular formula is C19H27N3O2. The van der Waals surface area contributed by atoms with Crippen molar-refractivity contribution in [3.8, 4) is 5.75 Å². The van der Waals surface area contributed by atoms with Gasteiger partial charge in [0.25, 0.3) is 0 Å². The number of nitrogens with zero attached hydrogens (tertiary/aromatic N) is 3. The molecule has 5 heteroatoms. The van der Waals surface area contributed by atoms with Gasteiger partial charge >= 0.3 is 0 Å². The summed E-state index contributed by atoms with van der Waals surface area (Å²) in [6.07, 6.45) is 0. The highest BCUT2D eigenvalue weighted by molar-refractivity contribution is 5.84. The van der Waals surface area contributed by atoms with E-state index in [0.717, 1.165) is 61.7 Å². The van der Waals surface area contributed by atoms with Crippen molar-refractivity contribution in [2.75, 3.05) is 54.1 Å². The minimum atomic E-state index is 0.539. The zero-order chi connectivity index (χ0) is 16.9. The average Bonchev–Trinajstić information content (AvgIpc) is 2.78. The monoisotopic (exact) mass is 329 g/mol. The first-order valence-electron chi connectivity index (χ1n) is 8.53. The van der Waals surface area contributed by atoms with Crippen molar-refractivity contribution >= 4 is 10.9 Å². The SMILES string of the molecule is COc1cccc2ccc(CN3CCOCC(CN(C)C)C3)nc12. The Hall–Kier alpha value is -1.69. The topological polar surface area (TPSA) is 37.8 Å². The largest absolute Gasteiger partial charge is 0.494 e. The van der Waals surface area contributed by atoms with Crippen molar-refractivity contribution < 1.29 is 9.47 Å². The summed E-state index contributed by atoms with van der Waals surface area (Å²) in [5.41, 5.74) is 2.02. The second kappa shape index (κ2) is 7.92. The van der Waals surface area contributed by atoms with Crippen LogP contribution >= 0.6 is 0 Å². The normalized spacial score (nSPS) is 19.6. The molecule has 1 aliphatic heterocycles. The minimum Gasteiger partial charge on any atom is -0.494 e. The van der Waals surface area contributed by atoms with Crippen molar-refractivity contribution in [1.29, 1.82) is 0 Å². The summed E-state index contributed by atoms with van der Waals surface area (Å²) in [5, 5.41) is 1.11. The molecule has 0 radical (unpaired) electrons. The number of benzene rings is 1. The predicted octanol–water partition coefficient (Wildman–Crippen LogP) is 2.25. The Morgan fingerprint density at radius 2 is 2.17 bits per heavy atom. The maximum atomic E-state index is 5.77. The van der Waals surface area contributed by atoms with Crippen LogP contribution < -0.4 is 4.74 Å². The molecule has 1 aromatic carbocycles. The van der Waals surface area contributed by atoms with Crippen LogP contribution in [-0.4, -0.2) is 68.8 Å². The molecule has 130 valence electrons. The lowest BCUT2D eigenvalue weighted by molar-refractivity contribution is 0.112. The third kappa shape index (κ3) is 4.23. The summed E-state index contributed by atoms with van der Waals surface area (Å²) in [7, 11) is 5.93. The number of hydrogen-bond donors (Lipinski definition) is 0. The lowest BCUT2D eigenvalue weighted by atomic mass is 10.1. The zero-order valence-electron chi connectivity index (χ0n) is 14.9. The zero-order valence-corrected chi connectivity index (χ0v) is 14.9. The van der Waals surface area contributed by atoms with Gasteiger partial charge in [-0.05, 0) is 26.2 Å². The Bertz CT molecular complexity index is 675. The molecule has 2 heterocycles. The first-order chi connectivity index (χ1) is 11.7. The van der Waals surface area contributed by atoms with Crippen LogP contribution in [0.25, 0.3) is 10.9 Å². The molecule has 1 aliphatic rings. The van der Waals surface area contributed by atoms with Gasteiger partial charge in [-0.1, -0.05) is 18.2 Å². The van der Waals surface area contributed by atoms with E-state index in [2.05, 4.69) is 42.1 Å². The number of para-hydroxylation sites is 1. The van der Waals surface area contributed by atoms with E-state index in [1.54, 1.807) is 7.11 Å². The van der Waals surface area contributed by atoms with Crippen LogP contribution in [-0.2, 0) is 11.3 Å².